The van der Waals surface area contributed by atoms with Gasteiger partial charge in [-0.2, -0.15) is 4.98 Å². The second-order valence-corrected chi connectivity index (χ2v) is 3.99. The molecule has 0 aromatic carbocycles. The molecule has 0 spiro atoms. The maximum Gasteiger partial charge on any atom is 0.351 e. The lowest BCUT2D eigenvalue weighted by molar-refractivity contribution is -0.0763. The predicted octanol–water partition coefficient (Wildman–Crippen LogP) is -2.56. The first-order valence-corrected chi connectivity index (χ1v) is 5.22. The molecule has 5 N–H and O–H groups in total. The lowest BCUT2D eigenvalue weighted by Gasteiger charge is -2.26. The summed E-state index contributed by atoms with van der Waals surface area (Å²) in [4.78, 5) is 15.2. The van der Waals surface area contributed by atoms with E-state index in [4.69, 9.17) is 19.6 Å². The van der Waals surface area contributed by atoms with Crippen molar-refractivity contribution in [3.63, 3.8) is 0 Å². The summed E-state index contributed by atoms with van der Waals surface area (Å²) in [7, 11) is 0. The van der Waals surface area contributed by atoms with Gasteiger partial charge in [0.1, 0.15) is 18.0 Å². The Morgan fingerprint density at radius 3 is 3.00 bits per heavy atom. The van der Waals surface area contributed by atoms with Crippen LogP contribution in [0.25, 0.3) is 0 Å². The largest absolute Gasteiger partial charge is 0.394 e. The standard InChI is InChI=1S/C11H13N3O5/c1-2-11(18)8(16)6(5-15)19-9(11)14-4-3-7(12)13-10(14)17/h1,3-4,6,8-9,15-16,18H,5H2,(H2,12,13,17)/t6-,8+,9-,11?/m1/s1/i5D2. The van der Waals surface area contributed by atoms with Crippen molar-refractivity contribution in [3.05, 3.63) is 22.7 Å². The van der Waals surface area contributed by atoms with Gasteiger partial charge >= 0.3 is 5.69 Å². The van der Waals surface area contributed by atoms with Crippen LogP contribution in [-0.4, -0.2) is 49.2 Å². The van der Waals surface area contributed by atoms with Crippen molar-refractivity contribution in [3.8, 4) is 12.3 Å². The van der Waals surface area contributed by atoms with E-state index in [1.807, 2.05) is 5.92 Å². The fourth-order valence-corrected chi connectivity index (χ4v) is 1.83. The number of nitrogens with zero attached hydrogens (tertiary/aromatic N) is 2. The van der Waals surface area contributed by atoms with Crippen LogP contribution in [0.4, 0.5) is 5.82 Å². The van der Waals surface area contributed by atoms with Gasteiger partial charge in [0.05, 0.1) is 9.30 Å². The van der Waals surface area contributed by atoms with Crippen LogP contribution >= 0.6 is 0 Å². The van der Waals surface area contributed by atoms with E-state index in [1.165, 1.54) is 6.07 Å². The third kappa shape index (κ3) is 1.98. The Bertz CT molecular complexity index is 652. The van der Waals surface area contributed by atoms with Crippen molar-refractivity contribution in [1.82, 2.24) is 9.55 Å². The molecular weight excluding hydrogens is 254 g/mol. The van der Waals surface area contributed by atoms with Gasteiger partial charge in [-0.3, -0.25) is 4.57 Å². The zero-order valence-electron chi connectivity index (χ0n) is 11.6. The Hall–Kier alpha value is -1.92. The minimum Gasteiger partial charge on any atom is -0.394 e. The first kappa shape index (κ1) is 11.0. The Labute approximate surface area is 110 Å². The second kappa shape index (κ2) is 4.64. The third-order valence-electron chi connectivity index (χ3n) is 2.85. The molecule has 1 aromatic heterocycles. The quantitative estimate of drug-likeness (QED) is 0.434. The number of nitrogen functional groups attached to an aromatic ring is 1. The normalized spacial score (nSPS) is 36.4. The topological polar surface area (TPSA) is 131 Å². The summed E-state index contributed by atoms with van der Waals surface area (Å²) in [6.45, 7) is -2.98. The van der Waals surface area contributed by atoms with Crippen LogP contribution in [0, 0.1) is 12.3 Å². The Balaban J connectivity index is 2.53. The molecule has 2 heterocycles. The molecule has 2 rings (SSSR count). The van der Waals surface area contributed by atoms with Gasteiger partial charge in [0.25, 0.3) is 0 Å². The van der Waals surface area contributed by atoms with Crippen LogP contribution in [0.15, 0.2) is 17.1 Å². The van der Waals surface area contributed by atoms with Gasteiger partial charge in [-0.1, -0.05) is 5.92 Å². The molecule has 8 nitrogen and oxygen atoms in total. The zero-order chi connectivity index (χ0) is 16.0. The molecule has 0 radical (unpaired) electrons. The maximum absolute atomic E-state index is 11.8. The van der Waals surface area contributed by atoms with Crippen molar-refractivity contribution in [1.29, 1.82) is 0 Å². The van der Waals surface area contributed by atoms with Crippen LogP contribution in [0.5, 0.6) is 0 Å². The van der Waals surface area contributed by atoms with Crippen LogP contribution in [0.2, 0.25) is 0 Å². The van der Waals surface area contributed by atoms with E-state index >= 15 is 0 Å². The number of nitrogens with two attached hydrogens (primary N) is 1. The lowest BCUT2D eigenvalue weighted by Crippen LogP contribution is -2.47. The summed E-state index contributed by atoms with van der Waals surface area (Å²) in [5, 5.41) is 29.6. The Kier molecular flexibility index (Phi) is 2.67. The van der Waals surface area contributed by atoms with Gasteiger partial charge in [-0.05, 0) is 6.07 Å². The minimum absolute atomic E-state index is 0.0759. The summed E-state index contributed by atoms with van der Waals surface area (Å²) in [6.07, 6.45) is 0.843. The predicted molar refractivity (Wildman–Crippen MR) is 63.7 cm³/mol. The van der Waals surface area contributed by atoms with Crippen LogP contribution in [0.1, 0.15) is 8.97 Å². The summed E-state index contributed by atoms with van der Waals surface area (Å²) in [5.74, 6) is 1.79. The lowest BCUT2D eigenvalue weighted by atomic mass is 9.95. The second-order valence-electron chi connectivity index (χ2n) is 3.99. The maximum atomic E-state index is 11.8. The number of ether oxygens (including phenoxy) is 1. The summed E-state index contributed by atoms with van der Waals surface area (Å²) < 4.78 is 20.2. The highest BCUT2D eigenvalue weighted by Gasteiger charge is 2.55. The SMILES string of the molecule is [2H]C([2H])(O)[C@H]1O[C@@H](n2ccc(N)nc2=O)C(O)(C#C)[C@H]1O. The zero-order valence-corrected chi connectivity index (χ0v) is 9.59. The molecule has 4 atom stereocenters. The number of aliphatic hydroxyl groups is 3. The van der Waals surface area contributed by atoms with Gasteiger partial charge in [0.15, 0.2) is 11.8 Å². The van der Waals surface area contributed by atoms with E-state index in [1.54, 1.807) is 0 Å². The highest BCUT2D eigenvalue weighted by molar-refractivity contribution is 5.25. The molecular formula is C11H13N3O5. The number of anilines is 1. The van der Waals surface area contributed by atoms with E-state index in [0.717, 1.165) is 10.8 Å². The number of hydrogen-bond donors (Lipinski definition) is 4. The number of terminal acetylenes is 1. The molecule has 1 aromatic rings. The molecule has 1 aliphatic rings. The Morgan fingerprint density at radius 1 is 1.79 bits per heavy atom. The molecule has 1 unspecified atom stereocenters. The highest BCUT2D eigenvalue weighted by Crippen LogP contribution is 2.37. The molecule has 1 saturated heterocycles. The van der Waals surface area contributed by atoms with E-state index in [9.17, 15) is 20.1 Å². The number of aliphatic hydroxyl groups excluding tert-OH is 1. The summed E-state index contributed by atoms with van der Waals surface area (Å²) in [6, 6.07) is 1.23. The van der Waals surface area contributed by atoms with E-state index in [0.29, 0.717) is 0 Å². The Morgan fingerprint density at radius 2 is 2.47 bits per heavy atom. The molecule has 0 aliphatic carbocycles. The third-order valence-corrected chi connectivity index (χ3v) is 2.85. The van der Waals surface area contributed by atoms with E-state index in [-0.39, 0.29) is 5.82 Å². The van der Waals surface area contributed by atoms with Gasteiger partial charge in [-0.15, -0.1) is 6.42 Å². The fourth-order valence-electron chi connectivity index (χ4n) is 1.83. The molecule has 1 aliphatic heterocycles. The molecule has 102 valence electrons. The van der Waals surface area contributed by atoms with Crippen LogP contribution < -0.4 is 11.4 Å². The monoisotopic (exact) mass is 269 g/mol. The van der Waals surface area contributed by atoms with E-state index < -0.39 is 36.3 Å². The fraction of sp³-hybridized carbons (Fsp3) is 0.455. The molecule has 0 amide bonds. The molecule has 8 heteroatoms. The molecule has 0 bridgehead atoms. The van der Waals surface area contributed by atoms with Crippen molar-refractivity contribution >= 4 is 5.82 Å². The minimum atomic E-state index is -2.98. The smallest absolute Gasteiger partial charge is 0.351 e. The van der Waals surface area contributed by atoms with Crippen LogP contribution in [0.3, 0.4) is 0 Å². The number of hydrogen-bond acceptors (Lipinski definition) is 7. The molecule has 0 saturated carbocycles. The molecule has 19 heavy (non-hydrogen) atoms. The number of aromatic nitrogens is 2. The van der Waals surface area contributed by atoms with Gasteiger partial charge < -0.3 is 25.8 Å². The summed E-state index contributed by atoms with van der Waals surface area (Å²) >= 11 is 0. The molecule has 1 fully saturated rings. The van der Waals surface area contributed by atoms with Crippen molar-refractivity contribution in [2.24, 2.45) is 0 Å². The van der Waals surface area contributed by atoms with Crippen molar-refractivity contribution in [2.45, 2.75) is 24.0 Å². The van der Waals surface area contributed by atoms with E-state index in [2.05, 4.69) is 4.98 Å². The van der Waals surface area contributed by atoms with Crippen LogP contribution in [-0.2, 0) is 4.74 Å². The van der Waals surface area contributed by atoms with Gasteiger partial charge in [-0.25, -0.2) is 4.79 Å². The summed E-state index contributed by atoms with van der Waals surface area (Å²) in [5.41, 5.74) is 1.99. The first-order chi connectivity index (χ1) is 9.61. The number of rotatable bonds is 2. The van der Waals surface area contributed by atoms with Crippen molar-refractivity contribution < 1.29 is 22.8 Å². The first-order valence-electron chi connectivity index (χ1n) is 6.22. The van der Waals surface area contributed by atoms with Gasteiger partial charge in [0, 0.05) is 6.20 Å². The van der Waals surface area contributed by atoms with Gasteiger partial charge in [0.2, 0.25) is 0 Å². The van der Waals surface area contributed by atoms with Crippen molar-refractivity contribution in [2.75, 3.05) is 12.3 Å². The average molecular weight is 269 g/mol. The highest BCUT2D eigenvalue weighted by atomic mass is 16.6. The average Bonchev–Trinajstić information content (AvgIpc) is 2.63.